The number of rotatable bonds is 9. The van der Waals surface area contributed by atoms with Crippen molar-refractivity contribution in [3.05, 3.63) is 59.7 Å². The number of thioether (sulfide) groups is 2. The van der Waals surface area contributed by atoms with Crippen molar-refractivity contribution in [2.45, 2.75) is 49.4 Å². The van der Waals surface area contributed by atoms with Crippen LogP contribution in [0, 0.1) is 0 Å². The van der Waals surface area contributed by atoms with E-state index >= 15 is 0 Å². The van der Waals surface area contributed by atoms with Gasteiger partial charge in [0, 0.05) is 25.2 Å². The lowest BCUT2D eigenvalue weighted by molar-refractivity contribution is -0.161. The summed E-state index contributed by atoms with van der Waals surface area (Å²) in [6.45, 7) is 4.00. The molecule has 0 aromatic heterocycles. The van der Waals surface area contributed by atoms with Crippen molar-refractivity contribution in [2.24, 2.45) is 0 Å². The number of esters is 2. The number of carboxylic acids is 1. The minimum absolute atomic E-state index is 0.0308. The Hall–Kier alpha value is -3.84. The van der Waals surface area contributed by atoms with Gasteiger partial charge in [-0.05, 0) is 30.7 Å². The number of fused-ring (bicyclic) bond motifs is 1. The molecule has 4 rings (SSSR count). The molecule has 11 nitrogen and oxygen atoms in total. The molecule has 2 heterocycles. The molecule has 2 aromatic rings. The molecule has 2 aliphatic heterocycles. The Kier molecular flexibility index (Phi) is 8.54. The van der Waals surface area contributed by atoms with Gasteiger partial charge in [-0.1, -0.05) is 42.1 Å². The van der Waals surface area contributed by atoms with Crippen LogP contribution in [0.1, 0.15) is 36.7 Å². The highest BCUT2D eigenvalue weighted by molar-refractivity contribution is 8.15. The Bertz CT molecular complexity index is 1380. The number of aliphatic carboxylic acids is 1. The number of nitrogens with one attached hydrogen (secondary N) is 1. The molecule has 2 aliphatic rings. The molecule has 2 N–H and O–H groups in total. The number of nitrogens with zero attached hydrogens (tertiary/aromatic N) is 1. The zero-order chi connectivity index (χ0) is 29.2. The highest BCUT2D eigenvalue weighted by Gasteiger charge is 2.65. The molecule has 210 valence electrons. The number of carbonyl (C=O) groups is 6. The van der Waals surface area contributed by atoms with E-state index in [2.05, 4.69) is 5.32 Å². The largest absolute Gasteiger partial charge is 0.480 e. The Morgan fingerprint density at radius 3 is 2.30 bits per heavy atom. The molecule has 4 atom stereocenters. The van der Waals surface area contributed by atoms with E-state index in [0.29, 0.717) is 0 Å². The predicted octanol–water partition coefficient (Wildman–Crippen LogP) is 2.27. The molecule has 0 saturated carbocycles. The van der Waals surface area contributed by atoms with Crippen LogP contribution >= 0.6 is 23.5 Å². The summed E-state index contributed by atoms with van der Waals surface area (Å²) < 4.78 is 9.04. The Morgan fingerprint density at radius 1 is 1.02 bits per heavy atom. The van der Waals surface area contributed by atoms with Crippen LogP contribution in [0.15, 0.2) is 48.5 Å². The number of carbonyl (C=O) groups excluding carboxylic acids is 5. The zero-order valence-corrected chi connectivity index (χ0v) is 23.4. The van der Waals surface area contributed by atoms with E-state index < -0.39 is 51.1 Å². The van der Waals surface area contributed by atoms with Crippen molar-refractivity contribution < 1.29 is 43.3 Å². The highest BCUT2D eigenvalue weighted by atomic mass is 32.2. The van der Waals surface area contributed by atoms with Gasteiger partial charge in [0.1, 0.15) is 17.5 Å². The number of benzene rings is 2. The van der Waals surface area contributed by atoms with Crippen molar-refractivity contribution >= 4 is 58.4 Å². The molecule has 2 saturated heterocycles. The second kappa shape index (κ2) is 11.7. The van der Waals surface area contributed by atoms with Gasteiger partial charge in [0.15, 0.2) is 11.5 Å². The minimum atomic E-state index is -1.21. The average molecular weight is 587 g/mol. The summed E-state index contributed by atoms with van der Waals surface area (Å²) in [5.41, 5.74) is 0.921. The third kappa shape index (κ3) is 6.15. The van der Waals surface area contributed by atoms with Crippen LogP contribution in [0.5, 0.6) is 11.5 Å². The first-order valence-electron chi connectivity index (χ1n) is 12.1. The number of carboxylic acid groups (broad SMARTS) is 1. The standard InChI is InChI=1S/C27H26N2O9S2/c1-14(30)37-18-10-9-17(12-19(18)38-15(2)31)26(36)39-13-27(3)22(25(34)35)29-23(33)21(24(29)40-27)28-20(32)11-16-7-5-4-6-8-16/h4-10,12,21-22,24H,11,13H2,1-3H3,(H,28,32)(H,34,35)/t21-,22+,24-,27+/m1/s1. The molecule has 0 spiro atoms. The molecule has 2 amide bonds. The summed E-state index contributed by atoms with van der Waals surface area (Å²) in [4.78, 5) is 74.8. The molecule has 0 bridgehead atoms. The predicted molar refractivity (Wildman–Crippen MR) is 146 cm³/mol. The lowest BCUT2D eigenvalue weighted by Crippen LogP contribution is -2.70. The van der Waals surface area contributed by atoms with Crippen molar-refractivity contribution in [1.82, 2.24) is 10.2 Å². The van der Waals surface area contributed by atoms with E-state index in [9.17, 15) is 33.9 Å². The first-order chi connectivity index (χ1) is 18.9. The van der Waals surface area contributed by atoms with E-state index in [1.54, 1.807) is 31.2 Å². The Balaban J connectivity index is 1.45. The fourth-order valence-corrected chi connectivity index (χ4v) is 7.43. The van der Waals surface area contributed by atoms with Gasteiger partial charge < -0.3 is 24.8 Å². The van der Waals surface area contributed by atoms with Crippen LogP contribution in [0.2, 0.25) is 0 Å². The van der Waals surface area contributed by atoms with Gasteiger partial charge in [0.05, 0.1) is 11.2 Å². The third-order valence-corrected chi connectivity index (χ3v) is 9.33. The quantitative estimate of drug-likeness (QED) is 0.252. The summed E-state index contributed by atoms with van der Waals surface area (Å²) in [5.74, 6) is -3.47. The maximum atomic E-state index is 13.0. The average Bonchev–Trinajstić information content (AvgIpc) is 3.17. The number of ether oxygens (including phenoxy) is 2. The Labute approximate surface area is 237 Å². The van der Waals surface area contributed by atoms with Crippen molar-refractivity contribution in [3.8, 4) is 11.5 Å². The molecule has 0 radical (unpaired) electrons. The molecular formula is C27H26N2O9S2. The van der Waals surface area contributed by atoms with Crippen molar-refractivity contribution in [1.29, 1.82) is 0 Å². The van der Waals surface area contributed by atoms with Crippen LogP contribution < -0.4 is 14.8 Å². The highest BCUT2D eigenvalue weighted by Crippen LogP contribution is 2.52. The van der Waals surface area contributed by atoms with E-state index in [1.165, 1.54) is 41.8 Å². The van der Waals surface area contributed by atoms with Gasteiger partial charge in [-0.3, -0.25) is 24.0 Å². The van der Waals surface area contributed by atoms with Crippen LogP contribution in [0.3, 0.4) is 0 Å². The molecule has 2 aromatic carbocycles. The van der Waals surface area contributed by atoms with Crippen LogP contribution in [-0.2, 0) is 30.4 Å². The van der Waals surface area contributed by atoms with Crippen LogP contribution in [0.4, 0.5) is 0 Å². The summed E-state index contributed by atoms with van der Waals surface area (Å²) >= 11 is 2.07. The third-order valence-electron chi connectivity index (χ3n) is 6.26. The second-order valence-electron chi connectivity index (χ2n) is 9.44. The number of amides is 2. The molecule has 2 fully saturated rings. The van der Waals surface area contributed by atoms with Crippen molar-refractivity contribution in [2.75, 3.05) is 5.75 Å². The maximum absolute atomic E-state index is 13.0. The normalized spacial score (nSPS) is 23.0. The molecular weight excluding hydrogens is 560 g/mol. The van der Waals surface area contributed by atoms with E-state index in [4.69, 9.17) is 9.47 Å². The Morgan fingerprint density at radius 2 is 1.68 bits per heavy atom. The zero-order valence-electron chi connectivity index (χ0n) is 21.7. The van der Waals surface area contributed by atoms with Gasteiger partial charge in [0.25, 0.3) is 0 Å². The lowest BCUT2D eigenvalue weighted by atomic mass is 9.95. The summed E-state index contributed by atoms with van der Waals surface area (Å²) in [6.07, 6.45) is 0.0809. The van der Waals surface area contributed by atoms with Gasteiger partial charge in [-0.15, -0.1) is 11.8 Å². The smallest absolute Gasteiger partial charge is 0.327 e. The summed E-state index contributed by atoms with van der Waals surface area (Å²) in [5, 5.41) is 11.7. The molecule has 0 unspecified atom stereocenters. The fourth-order valence-electron chi connectivity index (χ4n) is 4.55. The number of hydrogen-bond acceptors (Lipinski definition) is 10. The number of hydrogen-bond donors (Lipinski definition) is 2. The lowest BCUT2D eigenvalue weighted by Gasteiger charge is -2.43. The van der Waals surface area contributed by atoms with E-state index in [1.807, 2.05) is 6.07 Å². The maximum Gasteiger partial charge on any atom is 0.327 e. The van der Waals surface area contributed by atoms with Crippen LogP contribution in [0.25, 0.3) is 0 Å². The molecule has 0 aliphatic carbocycles. The summed E-state index contributed by atoms with van der Waals surface area (Å²) in [7, 11) is 0. The first-order valence-corrected chi connectivity index (χ1v) is 14.0. The first kappa shape index (κ1) is 29.2. The van der Waals surface area contributed by atoms with Gasteiger partial charge in [-0.2, -0.15) is 0 Å². The topological polar surface area (TPSA) is 156 Å². The van der Waals surface area contributed by atoms with Crippen LogP contribution in [-0.4, -0.2) is 72.8 Å². The van der Waals surface area contributed by atoms with Gasteiger partial charge in [-0.25, -0.2) is 4.79 Å². The SMILES string of the molecule is CC(=O)Oc1ccc(C(=O)SC[C@]2(C)S[C@@H]3[C@H](NC(=O)Cc4ccccc4)C(=O)N3[C@H]2C(=O)O)cc1OC(C)=O. The van der Waals surface area contributed by atoms with Gasteiger partial charge in [0.2, 0.25) is 16.9 Å². The second-order valence-corrected chi connectivity index (χ2v) is 12.0. The number of β-lactam (4-membered cyclic amide) rings is 1. The van der Waals surface area contributed by atoms with Gasteiger partial charge >= 0.3 is 17.9 Å². The minimum Gasteiger partial charge on any atom is -0.480 e. The van der Waals surface area contributed by atoms with Crippen molar-refractivity contribution in [3.63, 3.8) is 0 Å². The van der Waals surface area contributed by atoms with E-state index in [-0.39, 0.29) is 35.1 Å². The molecule has 13 heteroatoms. The monoisotopic (exact) mass is 586 g/mol. The molecule has 40 heavy (non-hydrogen) atoms. The van der Waals surface area contributed by atoms with E-state index in [0.717, 1.165) is 24.2 Å². The fraction of sp³-hybridized carbons (Fsp3) is 0.333. The summed E-state index contributed by atoms with van der Waals surface area (Å²) in [6, 6.07) is 10.9.